The van der Waals surface area contributed by atoms with Crippen LogP contribution in [0.25, 0.3) is 0 Å². The van der Waals surface area contributed by atoms with Gasteiger partial charge in [0.15, 0.2) is 0 Å². The summed E-state index contributed by atoms with van der Waals surface area (Å²) in [5.41, 5.74) is 0.291. The fourth-order valence-corrected chi connectivity index (χ4v) is 2.16. The molecule has 2 aromatic heterocycles. The zero-order valence-corrected chi connectivity index (χ0v) is 10.8. The molecule has 96 valence electrons. The van der Waals surface area contributed by atoms with Gasteiger partial charge in [-0.1, -0.05) is 11.8 Å². The highest BCUT2D eigenvalue weighted by Gasteiger charge is 2.06. The van der Waals surface area contributed by atoms with E-state index in [4.69, 9.17) is 5.11 Å². The summed E-state index contributed by atoms with van der Waals surface area (Å²) in [5.74, 6) is 5.14. The summed E-state index contributed by atoms with van der Waals surface area (Å²) in [6.45, 7) is 0.261. The quantitative estimate of drug-likeness (QED) is 0.812. The fourth-order valence-electron chi connectivity index (χ4n) is 1.34. The Morgan fingerprint density at radius 2 is 2.32 bits per heavy atom. The summed E-state index contributed by atoms with van der Waals surface area (Å²) in [6, 6.07) is 3.75. The van der Waals surface area contributed by atoms with Crippen LogP contribution in [0.3, 0.4) is 0 Å². The standard InChI is InChI=1S/C13H11N3O2S/c17-7-1-2-10-3-4-11(19-10)8-16-13(18)12-9-14-5-6-15-12/h3-6,9,17H,7-8H2,(H,16,18). The monoisotopic (exact) mass is 273 g/mol. The number of carbonyl (C=O) groups excluding carboxylic acids is 1. The van der Waals surface area contributed by atoms with Gasteiger partial charge in [0.2, 0.25) is 0 Å². The molecule has 2 aromatic rings. The fraction of sp³-hybridized carbons (Fsp3) is 0.154. The van der Waals surface area contributed by atoms with Crippen molar-refractivity contribution in [3.8, 4) is 11.8 Å². The molecule has 0 aliphatic rings. The predicted octanol–water partition coefficient (Wildman–Crippen LogP) is 0.812. The van der Waals surface area contributed by atoms with E-state index in [1.54, 1.807) is 0 Å². The molecule has 2 N–H and O–H groups in total. The van der Waals surface area contributed by atoms with Gasteiger partial charge in [-0.3, -0.25) is 9.78 Å². The maximum Gasteiger partial charge on any atom is 0.271 e. The smallest absolute Gasteiger partial charge is 0.271 e. The topological polar surface area (TPSA) is 75.1 Å². The van der Waals surface area contributed by atoms with Crippen LogP contribution in [0.5, 0.6) is 0 Å². The van der Waals surface area contributed by atoms with Crippen molar-refractivity contribution in [3.63, 3.8) is 0 Å². The van der Waals surface area contributed by atoms with Gasteiger partial charge in [0.05, 0.1) is 17.6 Å². The van der Waals surface area contributed by atoms with Crippen LogP contribution in [-0.4, -0.2) is 27.6 Å². The molecule has 2 heterocycles. The normalized spacial score (nSPS) is 9.53. The number of aromatic nitrogens is 2. The Morgan fingerprint density at radius 3 is 3.05 bits per heavy atom. The van der Waals surface area contributed by atoms with Gasteiger partial charge in [0.1, 0.15) is 12.3 Å². The minimum Gasteiger partial charge on any atom is -0.384 e. The van der Waals surface area contributed by atoms with Gasteiger partial charge in [0.25, 0.3) is 5.91 Å². The van der Waals surface area contributed by atoms with Crippen LogP contribution >= 0.6 is 11.3 Å². The lowest BCUT2D eigenvalue weighted by Gasteiger charge is -2.01. The Balaban J connectivity index is 1.92. The Hall–Kier alpha value is -2.23. The van der Waals surface area contributed by atoms with E-state index in [-0.39, 0.29) is 12.5 Å². The lowest BCUT2D eigenvalue weighted by Crippen LogP contribution is -2.23. The highest BCUT2D eigenvalue weighted by Crippen LogP contribution is 2.15. The first-order valence-electron chi connectivity index (χ1n) is 5.52. The van der Waals surface area contributed by atoms with E-state index < -0.39 is 0 Å². The van der Waals surface area contributed by atoms with E-state index in [1.165, 1.54) is 29.9 Å². The van der Waals surface area contributed by atoms with E-state index in [1.807, 2.05) is 12.1 Å². The second-order valence-corrected chi connectivity index (χ2v) is 4.67. The number of nitrogens with one attached hydrogen (secondary N) is 1. The Labute approximate surface area is 114 Å². The van der Waals surface area contributed by atoms with Crippen LogP contribution in [-0.2, 0) is 6.54 Å². The van der Waals surface area contributed by atoms with Crippen molar-refractivity contribution >= 4 is 17.2 Å². The number of carbonyl (C=O) groups is 1. The number of aliphatic hydroxyl groups is 1. The summed E-state index contributed by atoms with van der Waals surface area (Å²) in [7, 11) is 0. The second-order valence-electron chi connectivity index (χ2n) is 3.50. The summed E-state index contributed by atoms with van der Waals surface area (Å²) in [6.07, 6.45) is 4.41. The number of thiophene rings is 1. The van der Waals surface area contributed by atoms with Gasteiger partial charge in [-0.15, -0.1) is 11.3 Å². The van der Waals surface area contributed by atoms with Crippen LogP contribution in [0.15, 0.2) is 30.7 Å². The van der Waals surface area contributed by atoms with E-state index in [2.05, 4.69) is 27.1 Å². The molecule has 0 bridgehead atoms. The van der Waals surface area contributed by atoms with Crippen LogP contribution in [0, 0.1) is 11.8 Å². The highest BCUT2D eigenvalue weighted by molar-refractivity contribution is 7.12. The summed E-state index contributed by atoms with van der Waals surface area (Å²) in [4.78, 5) is 21.3. The Kier molecular flexibility index (Phi) is 4.61. The molecule has 0 spiro atoms. The molecule has 0 aliphatic heterocycles. The number of amides is 1. The van der Waals surface area contributed by atoms with Gasteiger partial charge in [-0.05, 0) is 12.1 Å². The molecule has 2 rings (SSSR count). The third-order valence-corrected chi connectivity index (χ3v) is 3.17. The first-order valence-corrected chi connectivity index (χ1v) is 6.34. The van der Waals surface area contributed by atoms with Gasteiger partial charge in [-0.25, -0.2) is 4.98 Å². The highest BCUT2D eigenvalue weighted by atomic mass is 32.1. The second kappa shape index (κ2) is 6.64. The summed E-state index contributed by atoms with van der Waals surface area (Å²) >= 11 is 1.47. The lowest BCUT2D eigenvalue weighted by molar-refractivity contribution is 0.0946. The Morgan fingerprint density at radius 1 is 1.42 bits per heavy atom. The molecule has 0 atom stereocenters. The van der Waals surface area contributed by atoms with E-state index in [0.29, 0.717) is 12.2 Å². The number of hydrogen-bond donors (Lipinski definition) is 2. The molecule has 1 amide bonds. The molecule has 19 heavy (non-hydrogen) atoms. The average molecular weight is 273 g/mol. The minimum absolute atomic E-state index is 0.156. The van der Waals surface area contributed by atoms with Gasteiger partial charge >= 0.3 is 0 Å². The molecular formula is C13H11N3O2S. The number of aliphatic hydroxyl groups excluding tert-OH is 1. The number of hydrogen-bond acceptors (Lipinski definition) is 5. The summed E-state index contributed by atoms with van der Waals surface area (Å²) in [5, 5.41) is 11.4. The molecule has 0 saturated carbocycles. The average Bonchev–Trinajstić information content (AvgIpc) is 2.91. The van der Waals surface area contributed by atoms with Gasteiger partial charge in [0, 0.05) is 17.3 Å². The van der Waals surface area contributed by atoms with Crippen LogP contribution < -0.4 is 5.32 Å². The van der Waals surface area contributed by atoms with E-state index in [9.17, 15) is 4.79 Å². The molecule has 0 saturated heterocycles. The third kappa shape index (κ3) is 3.88. The van der Waals surface area contributed by atoms with Gasteiger partial charge in [-0.2, -0.15) is 0 Å². The van der Waals surface area contributed by atoms with Crippen LogP contribution in [0.2, 0.25) is 0 Å². The SMILES string of the molecule is O=C(NCc1ccc(C#CCO)s1)c1cnccn1. The van der Waals surface area contributed by atoms with Crippen molar-refractivity contribution in [2.75, 3.05) is 6.61 Å². The number of nitrogens with zero attached hydrogens (tertiary/aromatic N) is 2. The summed E-state index contributed by atoms with van der Waals surface area (Å²) < 4.78 is 0. The zero-order valence-electron chi connectivity index (χ0n) is 9.96. The molecule has 0 aliphatic carbocycles. The molecule has 0 radical (unpaired) electrons. The molecular weight excluding hydrogens is 262 g/mol. The van der Waals surface area contributed by atoms with Crippen molar-refractivity contribution in [2.45, 2.75) is 6.54 Å². The van der Waals surface area contributed by atoms with Crippen molar-refractivity contribution in [3.05, 3.63) is 46.2 Å². The molecule has 0 unspecified atom stereocenters. The lowest BCUT2D eigenvalue weighted by atomic mass is 10.4. The van der Waals surface area contributed by atoms with E-state index in [0.717, 1.165) is 9.75 Å². The minimum atomic E-state index is -0.260. The van der Waals surface area contributed by atoms with Crippen molar-refractivity contribution in [2.24, 2.45) is 0 Å². The number of rotatable bonds is 3. The van der Waals surface area contributed by atoms with E-state index >= 15 is 0 Å². The van der Waals surface area contributed by atoms with Crippen molar-refractivity contribution in [1.29, 1.82) is 0 Å². The molecule has 5 nitrogen and oxygen atoms in total. The first-order chi connectivity index (χ1) is 9.29. The third-order valence-electron chi connectivity index (χ3n) is 2.17. The molecule has 0 aromatic carbocycles. The predicted molar refractivity (Wildman–Crippen MR) is 71.5 cm³/mol. The molecule has 6 heteroatoms. The maximum absolute atomic E-state index is 11.7. The van der Waals surface area contributed by atoms with Crippen LogP contribution in [0.1, 0.15) is 20.2 Å². The van der Waals surface area contributed by atoms with Crippen LogP contribution in [0.4, 0.5) is 0 Å². The largest absolute Gasteiger partial charge is 0.384 e. The molecule has 0 fully saturated rings. The maximum atomic E-state index is 11.7. The zero-order chi connectivity index (χ0) is 13.5. The van der Waals surface area contributed by atoms with Crippen molar-refractivity contribution in [1.82, 2.24) is 15.3 Å². The van der Waals surface area contributed by atoms with Crippen molar-refractivity contribution < 1.29 is 9.90 Å². The van der Waals surface area contributed by atoms with Gasteiger partial charge < -0.3 is 10.4 Å². The first kappa shape index (κ1) is 13.2. The Bertz CT molecular complexity index is 614.